The van der Waals surface area contributed by atoms with E-state index in [1.165, 1.54) is 24.3 Å². The number of hydrogen-bond donors (Lipinski definition) is 3. The Labute approximate surface area is 145 Å². The summed E-state index contributed by atoms with van der Waals surface area (Å²) in [4.78, 5) is 12.9. The average molecular weight is 340 g/mol. The number of phenolic OH excluding ortho intramolecular Hbond substituents is 3. The summed E-state index contributed by atoms with van der Waals surface area (Å²) in [5.41, 5.74) is 2.56. The Hall–Kier alpha value is -2.95. The predicted octanol–water partition coefficient (Wildman–Crippen LogP) is 3.67. The topological polar surface area (TPSA) is 87.0 Å². The van der Waals surface area contributed by atoms with Gasteiger partial charge in [-0.2, -0.15) is 0 Å². The van der Waals surface area contributed by atoms with Gasteiger partial charge in [0.2, 0.25) is 0 Å². The first kappa shape index (κ1) is 16.9. The van der Waals surface area contributed by atoms with Crippen molar-refractivity contribution in [2.75, 3.05) is 6.61 Å². The molecule has 0 fully saturated rings. The van der Waals surface area contributed by atoms with Crippen LogP contribution in [0.25, 0.3) is 0 Å². The van der Waals surface area contributed by atoms with E-state index in [2.05, 4.69) is 0 Å². The quantitative estimate of drug-likeness (QED) is 0.742. The normalized spacial score (nSPS) is 16.1. The van der Waals surface area contributed by atoms with Gasteiger partial charge in [-0.05, 0) is 38.0 Å². The minimum atomic E-state index is -0.658. The van der Waals surface area contributed by atoms with Crippen LogP contribution < -0.4 is 4.74 Å². The first-order valence-electron chi connectivity index (χ1n) is 8.05. The molecule has 1 aliphatic rings. The molecular weight excluding hydrogens is 320 g/mol. The van der Waals surface area contributed by atoms with Gasteiger partial charge in [-0.1, -0.05) is 17.7 Å². The maximum atomic E-state index is 12.9. The van der Waals surface area contributed by atoms with Crippen molar-refractivity contribution >= 4 is 5.78 Å². The van der Waals surface area contributed by atoms with Gasteiger partial charge in [0.15, 0.2) is 5.78 Å². The van der Waals surface area contributed by atoms with Crippen molar-refractivity contribution in [2.45, 2.75) is 26.2 Å². The van der Waals surface area contributed by atoms with Crippen LogP contribution in [-0.4, -0.2) is 27.7 Å². The Bertz CT molecular complexity index is 863. The van der Waals surface area contributed by atoms with Gasteiger partial charge < -0.3 is 20.1 Å². The number of rotatable bonds is 3. The van der Waals surface area contributed by atoms with Crippen molar-refractivity contribution in [3.05, 3.63) is 58.7 Å². The van der Waals surface area contributed by atoms with Gasteiger partial charge in [0.1, 0.15) is 29.6 Å². The molecule has 0 bridgehead atoms. The molecule has 1 aliphatic heterocycles. The fourth-order valence-electron chi connectivity index (χ4n) is 2.90. The average Bonchev–Trinajstić information content (AvgIpc) is 2.54. The molecule has 25 heavy (non-hydrogen) atoms. The van der Waals surface area contributed by atoms with Crippen LogP contribution in [-0.2, 0) is 6.42 Å². The largest absolute Gasteiger partial charge is 0.508 e. The molecule has 1 heterocycles. The lowest BCUT2D eigenvalue weighted by atomic mass is 9.87. The van der Waals surface area contributed by atoms with Crippen molar-refractivity contribution in [3.8, 4) is 23.0 Å². The fourth-order valence-corrected chi connectivity index (χ4v) is 2.90. The third kappa shape index (κ3) is 3.31. The van der Waals surface area contributed by atoms with E-state index >= 15 is 0 Å². The number of allylic oxidation sites excluding steroid dienone is 2. The number of ether oxygens (including phenoxy) is 1. The van der Waals surface area contributed by atoms with E-state index in [0.717, 1.165) is 5.57 Å². The highest BCUT2D eigenvalue weighted by Gasteiger charge is 2.32. The number of ketones is 1. The number of aromatic hydroxyl groups is 3. The van der Waals surface area contributed by atoms with Gasteiger partial charge in [-0.25, -0.2) is 0 Å². The highest BCUT2D eigenvalue weighted by Crippen LogP contribution is 2.39. The second-order valence-corrected chi connectivity index (χ2v) is 6.43. The summed E-state index contributed by atoms with van der Waals surface area (Å²) in [7, 11) is 0. The SMILES string of the molecule is CC(C)=CCc1cc2c(cc1O)OC[C@H](c1ccc(O)cc1O)C2=O. The Kier molecular flexibility index (Phi) is 4.40. The third-order valence-corrected chi connectivity index (χ3v) is 4.29. The summed E-state index contributed by atoms with van der Waals surface area (Å²) >= 11 is 0. The molecule has 0 spiro atoms. The van der Waals surface area contributed by atoms with E-state index in [4.69, 9.17) is 4.74 Å². The van der Waals surface area contributed by atoms with Crippen molar-refractivity contribution in [3.63, 3.8) is 0 Å². The zero-order valence-corrected chi connectivity index (χ0v) is 14.1. The Morgan fingerprint density at radius 2 is 1.92 bits per heavy atom. The highest BCUT2D eigenvalue weighted by atomic mass is 16.5. The molecule has 3 rings (SSSR count). The van der Waals surface area contributed by atoms with Gasteiger partial charge in [0.05, 0.1) is 11.5 Å². The molecule has 0 aromatic heterocycles. The Morgan fingerprint density at radius 3 is 2.60 bits per heavy atom. The van der Waals surface area contributed by atoms with Gasteiger partial charge in [-0.15, -0.1) is 0 Å². The van der Waals surface area contributed by atoms with E-state index in [9.17, 15) is 20.1 Å². The van der Waals surface area contributed by atoms with E-state index < -0.39 is 5.92 Å². The zero-order valence-electron chi connectivity index (χ0n) is 14.1. The number of carbonyl (C=O) groups is 1. The van der Waals surface area contributed by atoms with Gasteiger partial charge in [0, 0.05) is 17.7 Å². The minimum Gasteiger partial charge on any atom is -0.508 e. The summed E-state index contributed by atoms with van der Waals surface area (Å²) in [5.74, 6) is -0.615. The highest BCUT2D eigenvalue weighted by molar-refractivity contribution is 6.05. The first-order valence-corrected chi connectivity index (χ1v) is 8.05. The van der Waals surface area contributed by atoms with Crippen molar-refractivity contribution in [1.82, 2.24) is 0 Å². The molecule has 5 nitrogen and oxygen atoms in total. The Balaban J connectivity index is 1.98. The lowest BCUT2D eigenvalue weighted by Crippen LogP contribution is -2.26. The standard InChI is InChI=1S/C20H20O5/c1-11(2)3-4-12-7-15-19(9-17(12)22)25-10-16(20(15)24)14-6-5-13(21)8-18(14)23/h3,5-9,16,21-23H,4,10H2,1-2H3/t16-/m1/s1. The molecule has 5 heteroatoms. The van der Waals surface area contributed by atoms with Crippen LogP contribution in [0.2, 0.25) is 0 Å². The monoisotopic (exact) mass is 340 g/mol. The van der Waals surface area contributed by atoms with Crippen LogP contribution in [0.5, 0.6) is 23.0 Å². The number of phenols is 3. The Morgan fingerprint density at radius 1 is 1.16 bits per heavy atom. The maximum absolute atomic E-state index is 12.9. The van der Waals surface area contributed by atoms with Crippen LogP contribution in [0.4, 0.5) is 0 Å². The van der Waals surface area contributed by atoms with E-state index in [1.54, 1.807) is 6.07 Å². The van der Waals surface area contributed by atoms with Crippen molar-refractivity contribution in [1.29, 1.82) is 0 Å². The summed E-state index contributed by atoms with van der Waals surface area (Å²) in [6.45, 7) is 4.00. The molecule has 2 aromatic carbocycles. The molecule has 0 amide bonds. The fraction of sp³-hybridized carbons (Fsp3) is 0.250. The van der Waals surface area contributed by atoms with E-state index in [1.807, 2.05) is 19.9 Å². The summed E-state index contributed by atoms with van der Waals surface area (Å²) in [6, 6.07) is 7.26. The van der Waals surface area contributed by atoms with Gasteiger partial charge >= 0.3 is 0 Å². The molecule has 1 atom stereocenters. The molecule has 130 valence electrons. The molecule has 0 saturated carbocycles. The molecule has 0 saturated heterocycles. The van der Waals surface area contributed by atoms with Crippen molar-refractivity contribution in [2.24, 2.45) is 0 Å². The summed E-state index contributed by atoms with van der Waals surface area (Å²) in [6.07, 6.45) is 2.49. The van der Waals surface area contributed by atoms with Crippen LogP contribution in [0, 0.1) is 0 Å². The lowest BCUT2D eigenvalue weighted by molar-refractivity contribution is 0.0893. The van der Waals surface area contributed by atoms with Crippen molar-refractivity contribution < 1.29 is 24.9 Å². The third-order valence-electron chi connectivity index (χ3n) is 4.29. The summed E-state index contributed by atoms with van der Waals surface area (Å²) < 4.78 is 5.64. The van der Waals surface area contributed by atoms with Crippen LogP contribution in [0.1, 0.15) is 41.3 Å². The number of benzene rings is 2. The number of Topliss-reactive ketones (excluding diaryl/α,β-unsaturated/α-hetero) is 1. The maximum Gasteiger partial charge on any atom is 0.177 e. The molecule has 3 N–H and O–H groups in total. The molecule has 0 unspecified atom stereocenters. The molecule has 2 aromatic rings. The number of fused-ring (bicyclic) bond motifs is 1. The van der Waals surface area contributed by atoms with Crippen LogP contribution in [0.3, 0.4) is 0 Å². The summed E-state index contributed by atoms with van der Waals surface area (Å²) in [5, 5.41) is 29.6. The smallest absolute Gasteiger partial charge is 0.177 e. The first-order chi connectivity index (χ1) is 11.9. The number of hydrogen-bond acceptors (Lipinski definition) is 5. The molecule has 0 aliphatic carbocycles. The number of carbonyl (C=O) groups excluding carboxylic acids is 1. The second kappa shape index (κ2) is 6.51. The van der Waals surface area contributed by atoms with Gasteiger partial charge in [-0.3, -0.25) is 4.79 Å². The second-order valence-electron chi connectivity index (χ2n) is 6.43. The minimum absolute atomic E-state index is 0.0664. The van der Waals surface area contributed by atoms with Crippen LogP contribution >= 0.6 is 0 Å². The van der Waals surface area contributed by atoms with E-state index in [-0.39, 0.29) is 29.6 Å². The van der Waals surface area contributed by atoms with Gasteiger partial charge in [0.25, 0.3) is 0 Å². The zero-order chi connectivity index (χ0) is 18.1. The molecule has 0 radical (unpaired) electrons. The molecular formula is C20H20O5. The van der Waals surface area contributed by atoms with Crippen LogP contribution in [0.15, 0.2) is 42.0 Å². The predicted molar refractivity (Wildman–Crippen MR) is 93.6 cm³/mol. The van der Waals surface area contributed by atoms with E-state index in [0.29, 0.717) is 28.9 Å². The lowest BCUT2D eigenvalue weighted by Gasteiger charge is -2.25.